The quantitative estimate of drug-likeness (QED) is 0.134. The molecule has 244 valence electrons. The molecule has 0 aliphatic rings. The van der Waals surface area contributed by atoms with E-state index in [-0.39, 0.29) is 0 Å². The molecule has 0 N–H and O–H groups in total. The topological polar surface area (TPSA) is 8.17 Å². The third kappa shape index (κ3) is 5.90. The highest BCUT2D eigenvalue weighted by Crippen LogP contribution is 2.45. The molecular formula is C48H42N2. The molecule has 2 heteroatoms. The van der Waals surface area contributed by atoms with Crippen LogP contribution in [0.2, 0.25) is 0 Å². The van der Waals surface area contributed by atoms with Crippen molar-refractivity contribution in [1.29, 1.82) is 0 Å². The summed E-state index contributed by atoms with van der Waals surface area (Å²) >= 11 is 0. The van der Waals surface area contributed by atoms with Gasteiger partial charge in [0, 0.05) is 40.6 Å². The fourth-order valence-electron chi connectivity index (χ4n) is 7.14. The molecule has 0 bridgehead atoms. The van der Waals surface area contributed by atoms with Crippen LogP contribution in [0.1, 0.15) is 37.1 Å². The van der Waals surface area contributed by atoms with Crippen molar-refractivity contribution in [2.75, 3.05) is 11.9 Å². The number of fused-ring (bicyclic) bond motifs is 2. The van der Waals surface area contributed by atoms with Gasteiger partial charge in [-0.1, -0.05) is 141 Å². The number of aromatic nitrogens is 1. The summed E-state index contributed by atoms with van der Waals surface area (Å²) in [6.07, 6.45) is 11.5. The van der Waals surface area contributed by atoms with Crippen molar-refractivity contribution in [3.8, 4) is 27.9 Å². The van der Waals surface area contributed by atoms with Gasteiger partial charge < -0.3 is 9.47 Å². The Morgan fingerprint density at radius 1 is 0.700 bits per heavy atom. The third-order valence-corrected chi connectivity index (χ3v) is 9.58. The molecule has 2 nitrogen and oxygen atoms in total. The highest BCUT2D eigenvalue weighted by molar-refractivity contribution is 6.09. The monoisotopic (exact) mass is 646 g/mol. The number of rotatable bonds is 10. The van der Waals surface area contributed by atoms with Gasteiger partial charge in [-0.05, 0) is 94.4 Å². The van der Waals surface area contributed by atoms with Crippen LogP contribution in [0.5, 0.6) is 0 Å². The molecule has 0 amide bonds. The summed E-state index contributed by atoms with van der Waals surface area (Å²) in [7, 11) is 2.16. The van der Waals surface area contributed by atoms with Crippen LogP contribution >= 0.6 is 0 Å². The maximum atomic E-state index is 4.31. The summed E-state index contributed by atoms with van der Waals surface area (Å²) < 4.78 is 2.32. The first-order valence-corrected chi connectivity index (χ1v) is 17.3. The zero-order valence-corrected chi connectivity index (χ0v) is 29.1. The van der Waals surface area contributed by atoms with Gasteiger partial charge in [-0.2, -0.15) is 0 Å². The van der Waals surface area contributed by atoms with Crippen LogP contribution in [-0.4, -0.2) is 11.6 Å². The average molecular weight is 647 g/mol. The van der Waals surface area contributed by atoms with E-state index in [9.17, 15) is 0 Å². The molecule has 0 saturated carbocycles. The molecule has 0 spiro atoms. The van der Waals surface area contributed by atoms with Gasteiger partial charge in [0.1, 0.15) is 0 Å². The van der Waals surface area contributed by atoms with Crippen LogP contribution in [0.15, 0.2) is 165 Å². The Bertz CT molecular complexity index is 2380. The predicted octanol–water partition coefficient (Wildman–Crippen LogP) is 13.5. The van der Waals surface area contributed by atoms with E-state index < -0.39 is 0 Å². The Hall–Kier alpha value is -6.12. The molecule has 0 aliphatic carbocycles. The Morgan fingerprint density at radius 2 is 1.38 bits per heavy atom. The molecule has 1 aromatic heterocycles. The van der Waals surface area contributed by atoms with Crippen molar-refractivity contribution < 1.29 is 0 Å². The minimum Gasteiger partial charge on any atom is -0.344 e. The zero-order valence-electron chi connectivity index (χ0n) is 29.1. The van der Waals surface area contributed by atoms with Gasteiger partial charge in [0.05, 0.1) is 11.2 Å². The van der Waals surface area contributed by atoms with Crippen molar-refractivity contribution in [1.82, 2.24) is 4.57 Å². The summed E-state index contributed by atoms with van der Waals surface area (Å²) in [5.74, 6) is 0. The van der Waals surface area contributed by atoms with Crippen LogP contribution in [0.3, 0.4) is 0 Å². The van der Waals surface area contributed by atoms with Crippen LogP contribution < -0.4 is 4.90 Å². The lowest BCUT2D eigenvalue weighted by Crippen LogP contribution is -2.11. The number of hydrogen-bond donors (Lipinski definition) is 0. The van der Waals surface area contributed by atoms with E-state index in [1.807, 2.05) is 12.2 Å². The van der Waals surface area contributed by atoms with E-state index in [1.165, 1.54) is 38.6 Å². The smallest absolute Gasteiger partial charge is 0.0548 e. The Balaban J connectivity index is 1.36. The highest BCUT2D eigenvalue weighted by Gasteiger charge is 2.23. The molecule has 7 aromatic rings. The van der Waals surface area contributed by atoms with Crippen LogP contribution in [0, 0.1) is 0 Å². The molecule has 0 saturated heterocycles. The van der Waals surface area contributed by atoms with E-state index >= 15 is 0 Å². The van der Waals surface area contributed by atoms with Gasteiger partial charge in [-0.25, -0.2) is 0 Å². The Morgan fingerprint density at radius 3 is 2.04 bits per heavy atom. The van der Waals surface area contributed by atoms with Crippen molar-refractivity contribution >= 4 is 50.8 Å². The molecule has 50 heavy (non-hydrogen) atoms. The number of nitrogens with zero attached hydrogens (tertiary/aromatic N) is 2. The first-order chi connectivity index (χ1) is 24.6. The summed E-state index contributed by atoms with van der Waals surface area (Å²) in [5, 5.41) is 3.61. The molecule has 0 atom stereocenters. The van der Waals surface area contributed by atoms with Gasteiger partial charge in [0.25, 0.3) is 0 Å². The largest absolute Gasteiger partial charge is 0.344 e. The summed E-state index contributed by atoms with van der Waals surface area (Å²) in [6, 6.07) is 48.1. The predicted molar refractivity (Wildman–Crippen MR) is 219 cm³/mol. The second-order valence-electron chi connectivity index (χ2n) is 12.5. The Kier molecular flexibility index (Phi) is 9.18. The normalized spacial score (nSPS) is 11.8. The maximum absolute atomic E-state index is 4.31. The lowest BCUT2D eigenvalue weighted by Gasteiger charge is -2.24. The minimum absolute atomic E-state index is 1.01. The summed E-state index contributed by atoms with van der Waals surface area (Å²) in [6.45, 7) is 12.8. The molecule has 0 unspecified atom stereocenters. The second kappa shape index (κ2) is 14.2. The van der Waals surface area contributed by atoms with E-state index in [1.54, 1.807) is 0 Å². The maximum Gasteiger partial charge on any atom is 0.0548 e. The molecule has 1 heterocycles. The van der Waals surface area contributed by atoms with Crippen LogP contribution in [0.4, 0.5) is 11.4 Å². The van der Waals surface area contributed by atoms with Crippen molar-refractivity contribution in [3.63, 3.8) is 0 Å². The Labute approximate surface area is 296 Å². The van der Waals surface area contributed by atoms with Gasteiger partial charge >= 0.3 is 0 Å². The van der Waals surface area contributed by atoms with E-state index in [2.05, 4.69) is 195 Å². The summed E-state index contributed by atoms with van der Waals surface area (Å²) in [4.78, 5) is 2.30. The zero-order chi connectivity index (χ0) is 34.6. The minimum atomic E-state index is 1.01. The average Bonchev–Trinajstić information content (AvgIpc) is 3.51. The van der Waals surface area contributed by atoms with Gasteiger partial charge in [0.15, 0.2) is 0 Å². The summed E-state index contributed by atoms with van der Waals surface area (Å²) in [5.41, 5.74) is 13.7. The molecule has 0 fully saturated rings. The van der Waals surface area contributed by atoms with Crippen LogP contribution in [0.25, 0.3) is 67.3 Å². The van der Waals surface area contributed by atoms with Gasteiger partial charge in [-0.3, -0.25) is 0 Å². The van der Waals surface area contributed by atoms with Crippen molar-refractivity contribution in [2.45, 2.75) is 20.3 Å². The number of benzene rings is 6. The lowest BCUT2D eigenvalue weighted by molar-refractivity contribution is 1.11. The standard InChI is InChI=1S/C48H42N2/c1-6-15-34(16-7-2)36-21-23-37(24-22-36)38-25-28-41(29-26-38)50-44(9-4)43(8-3)48-46(50)32-31-45(47(48)39-18-11-10-12-19-39)49(5)42-30-27-35-17-13-14-20-40(35)33-42/h6,8-33H,3-4,7H2,1-2,5H3/b15-6-,34-16+. The number of hydrogen-bond acceptors (Lipinski definition) is 1. The lowest BCUT2D eigenvalue weighted by atomic mass is 9.95. The number of allylic oxidation sites excluding steroid dienone is 4. The molecule has 7 rings (SSSR count). The molecular weight excluding hydrogens is 605 g/mol. The van der Waals surface area contributed by atoms with Gasteiger partial charge in [-0.15, -0.1) is 0 Å². The molecule has 0 aliphatic heterocycles. The van der Waals surface area contributed by atoms with E-state index in [0.29, 0.717) is 0 Å². The highest BCUT2D eigenvalue weighted by atomic mass is 15.1. The van der Waals surface area contributed by atoms with Crippen LogP contribution in [-0.2, 0) is 0 Å². The molecule has 0 radical (unpaired) electrons. The van der Waals surface area contributed by atoms with Gasteiger partial charge in [0.2, 0.25) is 0 Å². The van der Waals surface area contributed by atoms with Crippen molar-refractivity contribution in [2.24, 2.45) is 0 Å². The third-order valence-electron chi connectivity index (χ3n) is 9.58. The first kappa shape index (κ1) is 32.4. The first-order valence-electron chi connectivity index (χ1n) is 17.3. The molecule has 6 aromatic carbocycles. The number of anilines is 2. The second-order valence-corrected chi connectivity index (χ2v) is 12.5. The fraction of sp³-hybridized carbons (Fsp3) is 0.0833. The fourth-order valence-corrected chi connectivity index (χ4v) is 7.14. The van der Waals surface area contributed by atoms with Crippen molar-refractivity contribution in [3.05, 3.63) is 182 Å². The SMILES string of the molecule is C=Cc1c(C=C)n(-c2ccc(-c3ccc(C(/C=C\C)=C/CC)cc3)cc2)c2ccc(N(C)c3ccc4ccccc4c3)c(-c3ccccc3)c12. The van der Waals surface area contributed by atoms with E-state index in [0.717, 1.165) is 51.2 Å². The van der Waals surface area contributed by atoms with E-state index in [4.69, 9.17) is 0 Å².